The Labute approximate surface area is 139 Å². The molecule has 1 aliphatic rings. The van der Waals surface area contributed by atoms with E-state index in [9.17, 15) is 13.2 Å². The minimum atomic E-state index is -4.52. The zero-order valence-corrected chi connectivity index (χ0v) is 13.7. The molecule has 0 aliphatic heterocycles. The van der Waals surface area contributed by atoms with Gasteiger partial charge in [0.1, 0.15) is 0 Å². The molecule has 0 unspecified atom stereocenters. The highest BCUT2D eigenvalue weighted by molar-refractivity contribution is 6.36. The topological polar surface area (TPSA) is 0 Å². The van der Waals surface area contributed by atoms with Crippen molar-refractivity contribution in [3.05, 3.63) is 46.0 Å². The number of allylic oxidation sites excluding steroid dienone is 1. The van der Waals surface area contributed by atoms with Crippen LogP contribution in [-0.2, 0) is 6.18 Å². The fourth-order valence-electron chi connectivity index (χ4n) is 3.24. The lowest BCUT2D eigenvalue weighted by atomic mass is 9.77. The molecule has 0 saturated heterocycles. The van der Waals surface area contributed by atoms with Crippen LogP contribution in [0.15, 0.2) is 24.8 Å². The van der Waals surface area contributed by atoms with Crippen molar-refractivity contribution in [1.29, 1.82) is 0 Å². The second kappa shape index (κ2) is 7.27. The maximum Gasteiger partial charge on any atom is 0.419 e. The minimum absolute atomic E-state index is 0.247. The van der Waals surface area contributed by atoms with E-state index in [2.05, 4.69) is 6.58 Å². The third kappa shape index (κ3) is 4.20. The zero-order chi connectivity index (χ0) is 16.3. The number of halogens is 5. The maximum absolute atomic E-state index is 12.9. The smallest absolute Gasteiger partial charge is 0.166 e. The average Bonchev–Trinajstić information content (AvgIpc) is 2.43. The van der Waals surface area contributed by atoms with Crippen molar-refractivity contribution in [2.75, 3.05) is 0 Å². The summed E-state index contributed by atoms with van der Waals surface area (Å²) in [7, 11) is 0. The van der Waals surface area contributed by atoms with E-state index in [0.717, 1.165) is 44.1 Å². The summed E-state index contributed by atoms with van der Waals surface area (Å²) in [4.78, 5) is 0. The van der Waals surface area contributed by atoms with Gasteiger partial charge in [-0.2, -0.15) is 13.2 Å². The van der Waals surface area contributed by atoms with Gasteiger partial charge in [0.2, 0.25) is 0 Å². The quantitative estimate of drug-likeness (QED) is 0.501. The van der Waals surface area contributed by atoms with Crippen molar-refractivity contribution < 1.29 is 13.2 Å². The van der Waals surface area contributed by atoms with Crippen LogP contribution in [0.25, 0.3) is 0 Å². The van der Waals surface area contributed by atoms with Gasteiger partial charge in [-0.3, -0.25) is 0 Å². The summed E-state index contributed by atoms with van der Waals surface area (Å²) in [6.45, 7) is 3.73. The summed E-state index contributed by atoms with van der Waals surface area (Å²) >= 11 is 11.6. The lowest BCUT2D eigenvalue weighted by Crippen LogP contribution is -2.14. The molecule has 1 aliphatic carbocycles. The Kier molecular flexibility index (Phi) is 5.84. The van der Waals surface area contributed by atoms with Gasteiger partial charge in [-0.15, -0.1) is 6.58 Å². The second-order valence-corrected chi connectivity index (χ2v) is 6.76. The molecule has 2 rings (SSSR count). The second-order valence-electron chi connectivity index (χ2n) is 5.94. The van der Waals surface area contributed by atoms with Crippen LogP contribution < -0.4 is 0 Å². The van der Waals surface area contributed by atoms with Crippen LogP contribution in [0.3, 0.4) is 0 Å². The highest BCUT2D eigenvalue weighted by Crippen LogP contribution is 2.44. The highest BCUT2D eigenvalue weighted by Gasteiger charge is 2.36. The SMILES string of the molecule is C=CCCC1CCC(c2cc(Cl)c(C(F)(F)F)c(Cl)c2)CC1. The Morgan fingerprint density at radius 2 is 1.64 bits per heavy atom. The van der Waals surface area contributed by atoms with Gasteiger partial charge in [0, 0.05) is 0 Å². The van der Waals surface area contributed by atoms with Crippen LogP contribution in [0, 0.1) is 5.92 Å². The van der Waals surface area contributed by atoms with Crippen molar-refractivity contribution in [3.63, 3.8) is 0 Å². The predicted octanol–water partition coefficient (Wildman–Crippen LogP) is 7.25. The van der Waals surface area contributed by atoms with Crippen molar-refractivity contribution in [2.24, 2.45) is 5.92 Å². The molecule has 0 N–H and O–H groups in total. The molecule has 122 valence electrons. The van der Waals surface area contributed by atoms with Gasteiger partial charge in [-0.05, 0) is 68.1 Å². The van der Waals surface area contributed by atoms with Crippen LogP contribution >= 0.6 is 23.2 Å². The Hall–Kier alpha value is -0.670. The molecular weight excluding hydrogens is 332 g/mol. The van der Waals surface area contributed by atoms with Gasteiger partial charge >= 0.3 is 6.18 Å². The Morgan fingerprint density at radius 1 is 1.09 bits per heavy atom. The molecule has 0 heterocycles. The molecule has 0 radical (unpaired) electrons. The van der Waals surface area contributed by atoms with Gasteiger partial charge in [-0.1, -0.05) is 29.3 Å². The summed E-state index contributed by atoms with van der Waals surface area (Å²) in [5, 5.41) is -0.604. The van der Waals surface area contributed by atoms with Crippen molar-refractivity contribution in [2.45, 2.75) is 50.6 Å². The van der Waals surface area contributed by atoms with Crippen LogP contribution in [0.5, 0.6) is 0 Å². The van der Waals surface area contributed by atoms with E-state index in [4.69, 9.17) is 23.2 Å². The van der Waals surface area contributed by atoms with E-state index in [1.165, 1.54) is 12.1 Å². The van der Waals surface area contributed by atoms with Gasteiger partial charge < -0.3 is 0 Å². The van der Waals surface area contributed by atoms with Gasteiger partial charge in [0.25, 0.3) is 0 Å². The Balaban J connectivity index is 2.10. The first-order valence-corrected chi connectivity index (χ1v) is 8.25. The molecule has 0 atom stereocenters. The normalized spacial score (nSPS) is 22.6. The monoisotopic (exact) mass is 350 g/mol. The first kappa shape index (κ1) is 17.7. The van der Waals surface area contributed by atoms with Gasteiger partial charge in [0.05, 0.1) is 15.6 Å². The summed E-state index contributed by atoms with van der Waals surface area (Å²) in [5.41, 5.74) is -0.107. The molecule has 1 saturated carbocycles. The average molecular weight is 351 g/mol. The molecule has 0 nitrogen and oxygen atoms in total. The van der Waals surface area contributed by atoms with E-state index in [1.54, 1.807) is 0 Å². The lowest BCUT2D eigenvalue weighted by molar-refractivity contribution is -0.137. The fraction of sp³-hybridized carbons (Fsp3) is 0.529. The third-order valence-electron chi connectivity index (χ3n) is 4.45. The Morgan fingerprint density at radius 3 is 2.09 bits per heavy atom. The maximum atomic E-state index is 12.9. The zero-order valence-electron chi connectivity index (χ0n) is 12.2. The first-order chi connectivity index (χ1) is 10.3. The van der Waals surface area contributed by atoms with E-state index >= 15 is 0 Å². The number of rotatable bonds is 4. The fourth-order valence-corrected chi connectivity index (χ4v) is 3.96. The molecule has 1 aromatic rings. The van der Waals surface area contributed by atoms with Crippen molar-refractivity contribution in [1.82, 2.24) is 0 Å². The lowest BCUT2D eigenvalue weighted by Gasteiger charge is -2.29. The molecular formula is C17H19Cl2F3. The van der Waals surface area contributed by atoms with Crippen LogP contribution in [0.4, 0.5) is 13.2 Å². The number of hydrogen-bond acceptors (Lipinski definition) is 0. The van der Waals surface area contributed by atoms with E-state index < -0.39 is 11.7 Å². The van der Waals surface area contributed by atoms with E-state index in [0.29, 0.717) is 5.92 Å². The summed E-state index contributed by atoms with van der Waals surface area (Å²) in [5.74, 6) is 0.937. The van der Waals surface area contributed by atoms with Crippen LogP contribution in [0.2, 0.25) is 10.0 Å². The molecule has 0 aromatic heterocycles. The van der Waals surface area contributed by atoms with Crippen molar-refractivity contribution in [3.8, 4) is 0 Å². The number of alkyl halides is 3. The molecule has 22 heavy (non-hydrogen) atoms. The molecule has 0 spiro atoms. The van der Waals surface area contributed by atoms with E-state index in [-0.39, 0.29) is 16.0 Å². The van der Waals surface area contributed by atoms with Gasteiger partial charge in [-0.25, -0.2) is 0 Å². The van der Waals surface area contributed by atoms with E-state index in [1.807, 2.05) is 6.08 Å². The van der Waals surface area contributed by atoms with Crippen LogP contribution in [0.1, 0.15) is 55.6 Å². The summed E-state index contributed by atoms with van der Waals surface area (Å²) < 4.78 is 38.6. The molecule has 1 fully saturated rings. The largest absolute Gasteiger partial charge is 0.419 e. The number of hydrogen-bond donors (Lipinski definition) is 0. The standard InChI is InChI=1S/C17H19Cl2F3/c1-2-3-4-11-5-7-12(8-6-11)13-9-14(18)16(15(19)10-13)17(20,21)22/h2,9-12H,1,3-8H2. The van der Waals surface area contributed by atoms with Crippen LogP contribution in [-0.4, -0.2) is 0 Å². The van der Waals surface area contributed by atoms with Crippen molar-refractivity contribution >= 4 is 23.2 Å². The number of benzene rings is 1. The predicted molar refractivity (Wildman–Crippen MR) is 85.6 cm³/mol. The molecule has 5 heteroatoms. The van der Waals surface area contributed by atoms with Gasteiger partial charge in [0.15, 0.2) is 0 Å². The summed E-state index contributed by atoms with van der Waals surface area (Å²) in [6, 6.07) is 2.87. The molecule has 0 amide bonds. The molecule has 0 bridgehead atoms. The molecule has 1 aromatic carbocycles. The third-order valence-corrected chi connectivity index (χ3v) is 5.04. The Bertz CT molecular complexity index is 506. The summed E-state index contributed by atoms with van der Waals surface area (Å²) in [6.07, 6.45) is 3.71. The first-order valence-electron chi connectivity index (χ1n) is 7.50. The highest BCUT2D eigenvalue weighted by atomic mass is 35.5. The minimum Gasteiger partial charge on any atom is -0.166 e.